The highest BCUT2D eigenvalue weighted by Gasteiger charge is 2.10. The van der Waals surface area contributed by atoms with E-state index >= 15 is 0 Å². The molecule has 0 saturated carbocycles. The molecule has 0 fully saturated rings. The Bertz CT molecular complexity index is 508. The van der Waals surface area contributed by atoms with Gasteiger partial charge in [0.25, 0.3) is 0 Å². The summed E-state index contributed by atoms with van der Waals surface area (Å²) in [5.41, 5.74) is 7.06. The summed E-state index contributed by atoms with van der Waals surface area (Å²) < 4.78 is 13.4. The van der Waals surface area contributed by atoms with Crippen LogP contribution in [-0.2, 0) is 0 Å². The van der Waals surface area contributed by atoms with Crippen LogP contribution in [-0.4, -0.2) is 10.2 Å². The van der Waals surface area contributed by atoms with Crippen molar-refractivity contribution in [2.45, 2.75) is 19.9 Å². The summed E-state index contributed by atoms with van der Waals surface area (Å²) in [7, 11) is 0. The first-order chi connectivity index (χ1) is 7.58. The topological polar surface area (TPSA) is 51.8 Å². The highest BCUT2D eigenvalue weighted by Crippen LogP contribution is 2.26. The second kappa shape index (κ2) is 4.27. The predicted molar refractivity (Wildman–Crippen MR) is 62.6 cm³/mol. The molecule has 1 heterocycles. The molecule has 1 unspecified atom stereocenters. The minimum Gasteiger partial charge on any atom is -0.322 e. The van der Waals surface area contributed by atoms with Gasteiger partial charge in [0.1, 0.15) is 15.8 Å². The Morgan fingerprint density at radius 1 is 1.38 bits per heavy atom. The fourth-order valence-corrected chi connectivity index (χ4v) is 2.05. The molecular formula is C11H12FN3S. The van der Waals surface area contributed by atoms with Gasteiger partial charge >= 0.3 is 0 Å². The fraction of sp³-hybridized carbons (Fsp3) is 0.273. The Morgan fingerprint density at radius 3 is 2.69 bits per heavy atom. The molecule has 0 aliphatic rings. The van der Waals surface area contributed by atoms with Crippen LogP contribution in [0.1, 0.15) is 23.5 Å². The average molecular weight is 237 g/mol. The van der Waals surface area contributed by atoms with E-state index in [1.807, 2.05) is 13.0 Å². The summed E-state index contributed by atoms with van der Waals surface area (Å²) in [6, 6.07) is 4.91. The molecule has 0 spiro atoms. The van der Waals surface area contributed by atoms with Gasteiger partial charge in [-0.05, 0) is 25.5 Å². The van der Waals surface area contributed by atoms with Gasteiger partial charge in [-0.3, -0.25) is 0 Å². The fourth-order valence-electron chi connectivity index (χ4n) is 1.26. The molecule has 0 aliphatic heterocycles. The first-order valence-corrected chi connectivity index (χ1v) is 5.75. The van der Waals surface area contributed by atoms with Gasteiger partial charge in [-0.15, -0.1) is 10.2 Å². The van der Waals surface area contributed by atoms with Crippen LogP contribution in [0.5, 0.6) is 0 Å². The van der Waals surface area contributed by atoms with Gasteiger partial charge < -0.3 is 5.73 Å². The molecule has 1 aromatic carbocycles. The third-order valence-corrected chi connectivity index (χ3v) is 3.42. The molecule has 3 nitrogen and oxygen atoms in total. The maximum Gasteiger partial charge on any atom is 0.147 e. The number of benzene rings is 1. The number of rotatable bonds is 2. The molecule has 0 aliphatic carbocycles. The Kier molecular flexibility index (Phi) is 2.98. The summed E-state index contributed by atoms with van der Waals surface area (Å²) in [4.78, 5) is 0. The minimum absolute atomic E-state index is 0.137. The molecule has 0 amide bonds. The molecule has 1 aromatic heterocycles. The highest BCUT2D eigenvalue weighted by molar-refractivity contribution is 7.14. The van der Waals surface area contributed by atoms with Crippen molar-refractivity contribution in [1.29, 1.82) is 0 Å². The average Bonchev–Trinajstić information content (AvgIpc) is 2.71. The molecule has 84 valence electrons. The van der Waals surface area contributed by atoms with Crippen molar-refractivity contribution >= 4 is 11.3 Å². The number of nitrogens with zero attached hydrogens (tertiary/aromatic N) is 2. The Hall–Kier alpha value is -1.33. The maximum absolute atomic E-state index is 13.4. The largest absolute Gasteiger partial charge is 0.322 e. The zero-order valence-corrected chi connectivity index (χ0v) is 9.88. The highest BCUT2D eigenvalue weighted by atomic mass is 32.1. The summed E-state index contributed by atoms with van der Waals surface area (Å²) >= 11 is 1.39. The van der Waals surface area contributed by atoms with Crippen LogP contribution in [0, 0.1) is 12.7 Å². The standard InChI is InChI=1S/C11H12FN3S/c1-6-3-4-8(5-9(6)12)11-15-14-10(16-11)7(2)13/h3-5,7H,13H2,1-2H3. The quantitative estimate of drug-likeness (QED) is 0.873. The second-order valence-electron chi connectivity index (χ2n) is 3.70. The third kappa shape index (κ3) is 2.10. The Morgan fingerprint density at radius 2 is 2.12 bits per heavy atom. The summed E-state index contributed by atoms with van der Waals surface area (Å²) in [5.74, 6) is -0.227. The first kappa shape index (κ1) is 11.2. The van der Waals surface area contributed by atoms with Crippen LogP contribution in [0.25, 0.3) is 10.6 Å². The molecule has 16 heavy (non-hydrogen) atoms. The molecule has 2 N–H and O–H groups in total. The van der Waals surface area contributed by atoms with Gasteiger partial charge in [0.05, 0.1) is 6.04 Å². The molecule has 2 aromatic rings. The monoisotopic (exact) mass is 237 g/mol. The van der Waals surface area contributed by atoms with E-state index in [0.717, 1.165) is 10.6 Å². The van der Waals surface area contributed by atoms with E-state index in [9.17, 15) is 4.39 Å². The number of halogens is 1. The van der Waals surface area contributed by atoms with E-state index in [1.54, 1.807) is 13.0 Å². The number of nitrogens with two attached hydrogens (primary N) is 1. The lowest BCUT2D eigenvalue weighted by Gasteiger charge is -1.98. The van der Waals surface area contributed by atoms with Crippen molar-refractivity contribution in [2.75, 3.05) is 0 Å². The van der Waals surface area contributed by atoms with Gasteiger partial charge in [-0.2, -0.15) is 0 Å². The van der Waals surface area contributed by atoms with Crippen molar-refractivity contribution < 1.29 is 4.39 Å². The van der Waals surface area contributed by atoms with Gasteiger partial charge in [-0.25, -0.2) is 4.39 Å². The number of hydrogen-bond donors (Lipinski definition) is 1. The normalized spacial score (nSPS) is 12.8. The lowest BCUT2D eigenvalue weighted by molar-refractivity contribution is 0.619. The van der Waals surface area contributed by atoms with Crippen LogP contribution in [0.2, 0.25) is 0 Å². The lowest BCUT2D eigenvalue weighted by Crippen LogP contribution is -2.03. The van der Waals surface area contributed by atoms with Crippen molar-refractivity contribution in [3.05, 3.63) is 34.6 Å². The van der Waals surface area contributed by atoms with E-state index in [-0.39, 0.29) is 11.9 Å². The number of aromatic nitrogens is 2. The molecular weight excluding hydrogens is 225 g/mol. The van der Waals surface area contributed by atoms with E-state index in [0.29, 0.717) is 10.6 Å². The SMILES string of the molecule is Cc1ccc(-c2nnc(C(C)N)s2)cc1F. The van der Waals surface area contributed by atoms with E-state index in [2.05, 4.69) is 10.2 Å². The van der Waals surface area contributed by atoms with Crippen molar-refractivity contribution in [1.82, 2.24) is 10.2 Å². The summed E-state index contributed by atoms with van der Waals surface area (Å²) in [6.07, 6.45) is 0. The van der Waals surface area contributed by atoms with Crippen molar-refractivity contribution in [3.63, 3.8) is 0 Å². The molecule has 1 atom stereocenters. The number of aryl methyl sites for hydroxylation is 1. The predicted octanol–water partition coefficient (Wildman–Crippen LogP) is 2.67. The van der Waals surface area contributed by atoms with E-state index < -0.39 is 0 Å². The minimum atomic E-state index is -0.227. The summed E-state index contributed by atoms with van der Waals surface area (Å²) in [5, 5.41) is 9.43. The number of hydrogen-bond acceptors (Lipinski definition) is 4. The van der Waals surface area contributed by atoms with Gasteiger partial charge in [0.2, 0.25) is 0 Å². The zero-order valence-electron chi connectivity index (χ0n) is 9.07. The molecule has 0 saturated heterocycles. The zero-order chi connectivity index (χ0) is 11.7. The molecule has 2 rings (SSSR count). The summed E-state index contributed by atoms with van der Waals surface area (Å²) in [6.45, 7) is 3.58. The first-order valence-electron chi connectivity index (χ1n) is 4.93. The van der Waals surface area contributed by atoms with Gasteiger partial charge in [0, 0.05) is 5.56 Å². The van der Waals surface area contributed by atoms with Gasteiger partial charge in [0.15, 0.2) is 0 Å². The van der Waals surface area contributed by atoms with Crippen LogP contribution >= 0.6 is 11.3 Å². The molecule has 5 heteroatoms. The maximum atomic E-state index is 13.4. The van der Waals surface area contributed by atoms with Crippen molar-refractivity contribution in [2.24, 2.45) is 5.73 Å². The van der Waals surface area contributed by atoms with E-state index in [1.165, 1.54) is 17.4 Å². The van der Waals surface area contributed by atoms with Crippen LogP contribution < -0.4 is 5.73 Å². The lowest BCUT2D eigenvalue weighted by atomic mass is 10.1. The Balaban J connectivity index is 2.39. The van der Waals surface area contributed by atoms with Crippen LogP contribution in [0.15, 0.2) is 18.2 Å². The van der Waals surface area contributed by atoms with Crippen molar-refractivity contribution in [3.8, 4) is 10.6 Å². The van der Waals surface area contributed by atoms with Gasteiger partial charge in [-0.1, -0.05) is 23.5 Å². The van der Waals surface area contributed by atoms with Crippen LogP contribution in [0.4, 0.5) is 4.39 Å². The molecule has 0 radical (unpaired) electrons. The molecule has 0 bridgehead atoms. The Labute approximate surface area is 97.1 Å². The third-order valence-electron chi connectivity index (χ3n) is 2.25. The van der Waals surface area contributed by atoms with Crippen LogP contribution in [0.3, 0.4) is 0 Å². The smallest absolute Gasteiger partial charge is 0.147 e. The second-order valence-corrected chi connectivity index (χ2v) is 4.71. The van der Waals surface area contributed by atoms with E-state index in [4.69, 9.17) is 5.73 Å².